The van der Waals surface area contributed by atoms with Crippen molar-refractivity contribution < 1.29 is 15.1 Å². The maximum atomic E-state index is 10.7. The van der Waals surface area contributed by atoms with Gasteiger partial charge in [-0.3, -0.25) is 4.79 Å². The van der Waals surface area contributed by atoms with Gasteiger partial charge in [-0.2, -0.15) is 4.73 Å². The first-order valence-corrected chi connectivity index (χ1v) is 5.27. The number of aliphatic carboxylic acids is 1. The average molecular weight is 234 g/mol. The van der Waals surface area contributed by atoms with Crippen molar-refractivity contribution in [3.05, 3.63) is 35.5 Å². The van der Waals surface area contributed by atoms with Crippen LogP contribution in [0.4, 0.5) is 0 Å². The van der Waals surface area contributed by atoms with E-state index >= 15 is 0 Å². The van der Waals surface area contributed by atoms with Crippen molar-refractivity contribution in [2.75, 3.05) is 0 Å². The lowest BCUT2D eigenvalue weighted by Gasteiger charge is -2.04. The lowest BCUT2D eigenvalue weighted by molar-refractivity contribution is -0.138. The highest BCUT2D eigenvalue weighted by atomic mass is 16.5. The van der Waals surface area contributed by atoms with E-state index in [1.807, 2.05) is 19.1 Å². The Kier molecular flexibility index (Phi) is 2.77. The van der Waals surface area contributed by atoms with Gasteiger partial charge < -0.3 is 16.0 Å². The van der Waals surface area contributed by atoms with Gasteiger partial charge >= 0.3 is 5.97 Å². The van der Waals surface area contributed by atoms with E-state index in [9.17, 15) is 10.0 Å². The molecule has 1 unspecified atom stereocenters. The number of nitrogens with zero attached hydrogens (tertiary/aromatic N) is 1. The van der Waals surface area contributed by atoms with Crippen molar-refractivity contribution in [1.82, 2.24) is 4.73 Å². The number of nitrogens with two attached hydrogens (primary N) is 1. The summed E-state index contributed by atoms with van der Waals surface area (Å²) in [7, 11) is 0. The van der Waals surface area contributed by atoms with E-state index in [1.165, 1.54) is 6.20 Å². The minimum absolute atomic E-state index is 0.197. The number of carboxylic acids is 1. The summed E-state index contributed by atoms with van der Waals surface area (Å²) in [6.07, 6.45) is 1.70. The molecule has 0 radical (unpaired) electrons. The lowest BCUT2D eigenvalue weighted by Crippen LogP contribution is -2.32. The molecule has 90 valence electrons. The van der Waals surface area contributed by atoms with Crippen LogP contribution in [0.3, 0.4) is 0 Å². The first-order valence-electron chi connectivity index (χ1n) is 5.27. The Balaban J connectivity index is 2.47. The highest BCUT2D eigenvalue weighted by Crippen LogP contribution is 2.22. The second-order valence-electron chi connectivity index (χ2n) is 4.17. The topological polar surface area (TPSA) is 88.5 Å². The minimum Gasteiger partial charge on any atom is -0.480 e. The van der Waals surface area contributed by atoms with Crippen molar-refractivity contribution in [3.8, 4) is 0 Å². The standard InChI is InChI=1S/C12H14N2O3/c1-7-2-3-11-9(4-7)8(6-14(11)17)5-10(13)12(15)16/h2-4,6,10,17H,5,13H2,1H3,(H,15,16). The third-order valence-electron chi connectivity index (χ3n) is 2.78. The molecular formula is C12H14N2O3. The summed E-state index contributed by atoms with van der Waals surface area (Å²) >= 11 is 0. The molecule has 0 aliphatic carbocycles. The highest BCUT2D eigenvalue weighted by molar-refractivity contribution is 5.85. The molecule has 1 aromatic heterocycles. The van der Waals surface area contributed by atoms with Crippen molar-refractivity contribution in [1.29, 1.82) is 0 Å². The molecule has 0 aliphatic heterocycles. The predicted molar refractivity (Wildman–Crippen MR) is 63.2 cm³/mol. The maximum Gasteiger partial charge on any atom is 0.320 e. The second-order valence-corrected chi connectivity index (χ2v) is 4.17. The molecule has 4 N–H and O–H groups in total. The summed E-state index contributed by atoms with van der Waals surface area (Å²) in [5.41, 5.74) is 7.94. The largest absolute Gasteiger partial charge is 0.480 e. The van der Waals surface area contributed by atoms with Gasteiger partial charge in [0.15, 0.2) is 0 Å². The fraction of sp³-hybridized carbons (Fsp3) is 0.250. The quantitative estimate of drug-likeness (QED) is 0.695. The third kappa shape index (κ3) is 2.09. The lowest BCUT2D eigenvalue weighted by atomic mass is 10.0. The fourth-order valence-electron chi connectivity index (χ4n) is 1.88. The van der Waals surface area contributed by atoms with Gasteiger partial charge in [0.1, 0.15) is 6.04 Å². The van der Waals surface area contributed by atoms with E-state index < -0.39 is 12.0 Å². The molecule has 0 saturated heterocycles. The number of aromatic nitrogens is 1. The van der Waals surface area contributed by atoms with Gasteiger partial charge in [0.05, 0.1) is 5.52 Å². The zero-order valence-corrected chi connectivity index (χ0v) is 9.42. The SMILES string of the molecule is Cc1ccc2c(c1)c(CC(N)C(=O)O)cn2O. The van der Waals surface area contributed by atoms with E-state index in [2.05, 4.69) is 0 Å². The normalized spacial score (nSPS) is 12.8. The smallest absolute Gasteiger partial charge is 0.320 e. The van der Waals surface area contributed by atoms with Crippen molar-refractivity contribution in [3.63, 3.8) is 0 Å². The molecule has 17 heavy (non-hydrogen) atoms. The molecule has 5 nitrogen and oxygen atoms in total. The summed E-state index contributed by atoms with van der Waals surface area (Å²) in [5.74, 6) is -1.04. The summed E-state index contributed by atoms with van der Waals surface area (Å²) in [6, 6.07) is 4.63. The van der Waals surface area contributed by atoms with Crippen LogP contribution < -0.4 is 5.73 Å². The van der Waals surface area contributed by atoms with Crippen LogP contribution in [0.2, 0.25) is 0 Å². The average Bonchev–Trinajstić information content (AvgIpc) is 2.55. The molecule has 0 saturated carbocycles. The summed E-state index contributed by atoms with van der Waals surface area (Å²) in [4.78, 5) is 10.7. The van der Waals surface area contributed by atoms with Gasteiger partial charge in [-0.15, -0.1) is 0 Å². The zero-order valence-electron chi connectivity index (χ0n) is 9.42. The van der Waals surface area contributed by atoms with E-state index in [0.29, 0.717) is 5.52 Å². The second kappa shape index (κ2) is 4.10. The van der Waals surface area contributed by atoms with Gasteiger partial charge in [0.2, 0.25) is 0 Å². The Morgan fingerprint density at radius 2 is 2.24 bits per heavy atom. The number of carbonyl (C=O) groups is 1. The number of hydrogen-bond acceptors (Lipinski definition) is 3. The maximum absolute atomic E-state index is 10.7. The van der Waals surface area contributed by atoms with Gasteiger partial charge in [0.25, 0.3) is 0 Å². The molecule has 1 aromatic carbocycles. The predicted octanol–water partition coefficient (Wildman–Crippen LogP) is 1.14. The highest BCUT2D eigenvalue weighted by Gasteiger charge is 2.16. The Bertz CT molecular complexity index is 574. The molecule has 0 aliphatic rings. The van der Waals surface area contributed by atoms with E-state index in [4.69, 9.17) is 10.8 Å². The van der Waals surface area contributed by atoms with Gasteiger partial charge in [0, 0.05) is 18.0 Å². The minimum atomic E-state index is -1.04. The molecule has 2 aromatic rings. The summed E-state index contributed by atoms with van der Waals surface area (Å²) < 4.78 is 0.999. The number of rotatable bonds is 3. The van der Waals surface area contributed by atoms with E-state index in [1.54, 1.807) is 6.07 Å². The Morgan fingerprint density at radius 3 is 2.88 bits per heavy atom. The molecule has 1 heterocycles. The van der Waals surface area contributed by atoms with Crippen molar-refractivity contribution in [2.45, 2.75) is 19.4 Å². The number of fused-ring (bicyclic) bond motifs is 1. The van der Waals surface area contributed by atoms with Crippen LogP contribution in [0.1, 0.15) is 11.1 Å². The molecule has 0 fully saturated rings. The number of aryl methyl sites for hydroxylation is 1. The number of hydrogen-bond donors (Lipinski definition) is 3. The van der Waals surface area contributed by atoms with Crippen molar-refractivity contribution >= 4 is 16.9 Å². The monoisotopic (exact) mass is 234 g/mol. The number of carboxylic acid groups (broad SMARTS) is 1. The molecule has 0 spiro atoms. The Hall–Kier alpha value is -2.01. The molecule has 2 rings (SSSR count). The summed E-state index contributed by atoms with van der Waals surface area (Å²) in [5, 5.41) is 19.3. The first-order chi connectivity index (χ1) is 7.99. The van der Waals surface area contributed by atoms with E-state index in [0.717, 1.165) is 21.2 Å². The van der Waals surface area contributed by atoms with Crippen LogP contribution in [-0.4, -0.2) is 27.1 Å². The fourth-order valence-corrected chi connectivity index (χ4v) is 1.88. The van der Waals surface area contributed by atoms with Crippen LogP contribution in [0.15, 0.2) is 24.4 Å². The molecular weight excluding hydrogens is 220 g/mol. The van der Waals surface area contributed by atoms with Crippen LogP contribution in [0, 0.1) is 6.92 Å². The Morgan fingerprint density at radius 1 is 1.53 bits per heavy atom. The summed E-state index contributed by atoms with van der Waals surface area (Å²) in [6.45, 7) is 1.94. The molecule has 0 amide bonds. The van der Waals surface area contributed by atoms with Gasteiger partial charge in [-0.05, 0) is 24.6 Å². The molecule has 0 bridgehead atoms. The van der Waals surface area contributed by atoms with Crippen LogP contribution in [-0.2, 0) is 11.2 Å². The van der Waals surface area contributed by atoms with E-state index in [-0.39, 0.29) is 6.42 Å². The first kappa shape index (κ1) is 11.5. The molecule has 5 heteroatoms. The van der Waals surface area contributed by atoms with Crippen LogP contribution >= 0.6 is 0 Å². The van der Waals surface area contributed by atoms with Crippen LogP contribution in [0.25, 0.3) is 10.9 Å². The van der Waals surface area contributed by atoms with Gasteiger partial charge in [-0.25, -0.2) is 0 Å². The molecule has 1 atom stereocenters. The Labute approximate surface area is 98.0 Å². The van der Waals surface area contributed by atoms with Gasteiger partial charge in [-0.1, -0.05) is 11.6 Å². The van der Waals surface area contributed by atoms with Crippen LogP contribution in [0.5, 0.6) is 0 Å². The zero-order chi connectivity index (χ0) is 12.6. The van der Waals surface area contributed by atoms with Crippen molar-refractivity contribution in [2.24, 2.45) is 5.73 Å². The number of benzene rings is 1. The third-order valence-corrected chi connectivity index (χ3v) is 2.78.